The van der Waals surface area contributed by atoms with Crippen molar-refractivity contribution in [3.63, 3.8) is 0 Å². The van der Waals surface area contributed by atoms with Gasteiger partial charge in [-0.15, -0.1) is 0 Å². The maximum atomic E-state index is 13.4. The molecule has 1 amide bonds. The number of halogens is 3. The SMILES string of the molecule is CCC(C)(C)c1ccc(CN(CCc2ccc(Cl)cc2)C(=O)c2cc(Cl)cc(Cl)c2)cc1. The third-order valence-electron chi connectivity index (χ3n) is 5.97. The van der Waals surface area contributed by atoms with E-state index in [4.69, 9.17) is 34.8 Å². The molecule has 0 aliphatic heterocycles. The number of benzene rings is 3. The Kier molecular flexibility index (Phi) is 8.27. The normalized spacial score (nSPS) is 11.4. The van der Waals surface area contributed by atoms with E-state index in [9.17, 15) is 4.79 Å². The molecule has 0 saturated carbocycles. The molecule has 0 radical (unpaired) electrons. The van der Waals surface area contributed by atoms with Crippen molar-refractivity contribution in [1.82, 2.24) is 4.90 Å². The fourth-order valence-corrected chi connectivity index (χ4v) is 4.17. The number of hydrogen-bond acceptors (Lipinski definition) is 1. The monoisotopic (exact) mass is 487 g/mol. The van der Waals surface area contributed by atoms with Crippen LogP contribution in [0.5, 0.6) is 0 Å². The van der Waals surface area contributed by atoms with Crippen LogP contribution in [0.1, 0.15) is 54.2 Å². The molecule has 3 rings (SSSR count). The van der Waals surface area contributed by atoms with Gasteiger partial charge in [0.1, 0.15) is 0 Å². The van der Waals surface area contributed by atoms with E-state index in [2.05, 4.69) is 45.0 Å². The summed E-state index contributed by atoms with van der Waals surface area (Å²) in [5.41, 5.74) is 4.11. The van der Waals surface area contributed by atoms with Crippen molar-refractivity contribution in [2.75, 3.05) is 6.54 Å². The van der Waals surface area contributed by atoms with Crippen molar-refractivity contribution in [3.05, 3.63) is 104 Å². The zero-order valence-electron chi connectivity index (χ0n) is 18.7. The summed E-state index contributed by atoms with van der Waals surface area (Å²) in [6, 6.07) is 21.2. The molecule has 32 heavy (non-hydrogen) atoms. The van der Waals surface area contributed by atoms with Gasteiger partial charge in [-0.1, -0.05) is 92.0 Å². The molecule has 0 unspecified atom stereocenters. The maximum Gasteiger partial charge on any atom is 0.254 e. The van der Waals surface area contributed by atoms with E-state index in [1.54, 1.807) is 18.2 Å². The van der Waals surface area contributed by atoms with Crippen LogP contribution in [-0.2, 0) is 18.4 Å². The van der Waals surface area contributed by atoms with Crippen LogP contribution in [0.15, 0.2) is 66.7 Å². The average molecular weight is 489 g/mol. The summed E-state index contributed by atoms with van der Waals surface area (Å²) in [5.74, 6) is -0.0960. The lowest BCUT2D eigenvalue weighted by Crippen LogP contribution is -2.32. The molecule has 0 aliphatic carbocycles. The van der Waals surface area contributed by atoms with Crippen LogP contribution in [0.4, 0.5) is 0 Å². The smallest absolute Gasteiger partial charge is 0.254 e. The molecule has 0 heterocycles. The van der Waals surface area contributed by atoms with Gasteiger partial charge in [0.15, 0.2) is 0 Å². The number of hydrogen-bond donors (Lipinski definition) is 0. The zero-order valence-corrected chi connectivity index (χ0v) is 20.9. The van der Waals surface area contributed by atoms with E-state index in [1.165, 1.54) is 5.56 Å². The lowest BCUT2D eigenvalue weighted by molar-refractivity contribution is 0.0745. The summed E-state index contributed by atoms with van der Waals surface area (Å²) in [6.45, 7) is 7.75. The van der Waals surface area contributed by atoms with Gasteiger partial charge in [-0.05, 0) is 65.3 Å². The average Bonchev–Trinajstić information content (AvgIpc) is 2.77. The van der Waals surface area contributed by atoms with Crippen LogP contribution >= 0.6 is 34.8 Å². The lowest BCUT2D eigenvalue weighted by atomic mass is 9.82. The van der Waals surface area contributed by atoms with Gasteiger partial charge in [0, 0.05) is 33.7 Å². The third-order valence-corrected chi connectivity index (χ3v) is 6.66. The second-order valence-electron chi connectivity index (χ2n) is 8.70. The molecular formula is C27H28Cl3NO. The lowest BCUT2D eigenvalue weighted by Gasteiger charge is -2.25. The van der Waals surface area contributed by atoms with Crippen molar-refractivity contribution < 1.29 is 4.79 Å². The highest BCUT2D eigenvalue weighted by Crippen LogP contribution is 2.27. The van der Waals surface area contributed by atoms with Crippen LogP contribution in [0.2, 0.25) is 15.1 Å². The van der Waals surface area contributed by atoms with Crippen molar-refractivity contribution in [1.29, 1.82) is 0 Å². The molecule has 0 spiro atoms. The minimum atomic E-state index is -0.0960. The fraction of sp³-hybridized carbons (Fsp3) is 0.296. The molecule has 0 aromatic heterocycles. The van der Waals surface area contributed by atoms with E-state index >= 15 is 0 Å². The Morgan fingerprint density at radius 1 is 0.812 bits per heavy atom. The Morgan fingerprint density at radius 3 is 1.94 bits per heavy atom. The third kappa shape index (κ3) is 6.51. The Balaban J connectivity index is 1.83. The minimum Gasteiger partial charge on any atom is -0.334 e. The van der Waals surface area contributed by atoms with Gasteiger partial charge in [0.25, 0.3) is 5.91 Å². The molecule has 0 N–H and O–H groups in total. The van der Waals surface area contributed by atoms with Gasteiger partial charge < -0.3 is 4.90 Å². The molecule has 3 aromatic carbocycles. The number of carbonyl (C=O) groups is 1. The number of rotatable bonds is 8. The van der Waals surface area contributed by atoms with E-state index in [-0.39, 0.29) is 11.3 Å². The Hall–Kier alpha value is -2.00. The molecule has 0 bridgehead atoms. The first-order chi connectivity index (χ1) is 15.2. The topological polar surface area (TPSA) is 20.3 Å². The molecule has 2 nitrogen and oxygen atoms in total. The molecule has 3 aromatic rings. The Labute approximate surface area is 206 Å². The minimum absolute atomic E-state index is 0.0960. The summed E-state index contributed by atoms with van der Waals surface area (Å²) in [7, 11) is 0. The largest absolute Gasteiger partial charge is 0.334 e. The van der Waals surface area contributed by atoms with Crippen molar-refractivity contribution >= 4 is 40.7 Å². The van der Waals surface area contributed by atoms with Gasteiger partial charge in [0.05, 0.1) is 0 Å². The predicted molar refractivity (Wildman–Crippen MR) is 136 cm³/mol. The molecule has 168 valence electrons. The summed E-state index contributed by atoms with van der Waals surface area (Å²) in [5, 5.41) is 1.60. The summed E-state index contributed by atoms with van der Waals surface area (Å²) in [4.78, 5) is 15.2. The molecule has 0 atom stereocenters. The van der Waals surface area contributed by atoms with E-state index in [0.29, 0.717) is 33.7 Å². The summed E-state index contributed by atoms with van der Waals surface area (Å²) < 4.78 is 0. The standard InChI is InChI=1S/C27H28Cl3NO/c1-4-27(2,3)22-9-5-20(6-10-22)18-31(14-13-19-7-11-23(28)12-8-19)26(32)21-15-24(29)17-25(30)16-21/h5-12,15-17H,4,13-14,18H2,1-3H3. The Bertz CT molecular complexity index is 1040. The molecule has 0 aliphatic rings. The van der Waals surface area contributed by atoms with Crippen LogP contribution in [0.25, 0.3) is 0 Å². The van der Waals surface area contributed by atoms with Crippen molar-refractivity contribution in [2.45, 2.75) is 45.6 Å². The molecular weight excluding hydrogens is 461 g/mol. The summed E-state index contributed by atoms with van der Waals surface area (Å²) >= 11 is 18.3. The van der Waals surface area contributed by atoms with Gasteiger partial charge in [-0.2, -0.15) is 0 Å². The Morgan fingerprint density at radius 2 is 1.38 bits per heavy atom. The molecule has 0 fully saturated rings. The van der Waals surface area contributed by atoms with Gasteiger partial charge in [-0.25, -0.2) is 0 Å². The van der Waals surface area contributed by atoms with Crippen LogP contribution in [-0.4, -0.2) is 17.4 Å². The number of carbonyl (C=O) groups excluding carboxylic acids is 1. The highest BCUT2D eigenvalue weighted by atomic mass is 35.5. The maximum absolute atomic E-state index is 13.4. The van der Waals surface area contributed by atoms with Crippen molar-refractivity contribution in [3.8, 4) is 0 Å². The second kappa shape index (κ2) is 10.7. The quantitative estimate of drug-likeness (QED) is 0.313. The van der Waals surface area contributed by atoms with Crippen LogP contribution < -0.4 is 0 Å². The molecule has 0 saturated heterocycles. The van der Waals surface area contributed by atoms with Gasteiger partial charge in [-0.3, -0.25) is 4.79 Å². The highest BCUT2D eigenvalue weighted by Gasteiger charge is 2.20. The van der Waals surface area contributed by atoms with Gasteiger partial charge in [0.2, 0.25) is 0 Å². The molecule has 5 heteroatoms. The number of nitrogens with zero attached hydrogens (tertiary/aromatic N) is 1. The zero-order chi connectivity index (χ0) is 23.3. The first kappa shape index (κ1) is 24.6. The van der Waals surface area contributed by atoms with Crippen molar-refractivity contribution in [2.24, 2.45) is 0 Å². The van der Waals surface area contributed by atoms with E-state index < -0.39 is 0 Å². The van der Waals surface area contributed by atoms with E-state index in [1.807, 2.05) is 29.2 Å². The first-order valence-corrected chi connectivity index (χ1v) is 11.9. The highest BCUT2D eigenvalue weighted by molar-refractivity contribution is 6.35. The summed E-state index contributed by atoms with van der Waals surface area (Å²) in [6.07, 6.45) is 1.78. The van der Waals surface area contributed by atoms with Crippen LogP contribution in [0.3, 0.4) is 0 Å². The van der Waals surface area contributed by atoms with Crippen LogP contribution in [0, 0.1) is 0 Å². The second-order valence-corrected chi connectivity index (χ2v) is 10.0. The van der Waals surface area contributed by atoms with E-state index in [0.717, 1.165) is 24.0 Å². The number of amides is 1. The van der Waals surface area contributed by atoms with Gasteiger partial charge >= 0.3 is 0 Å². The fourth-order valence-electron chi connectivity index (χ4n) is 3.51. The predicted octanol–water partition coefficient (Wildman–Crippen LogP) is 8.22. The first-order valence-electron chi connectivity index (χ1n) is 10.8.